The van der Waals surface area contributed by atoms with Gasteiger partial charge < -0.3 is 14.3 Å². The Balaban J connectivity index is 1.59. The first kappa shape index (κ1) is 19.1. The Hall–Kier alpha value is -3.26. The molecule has 3 amide bonds. The summed E-state index contributed by atoms with van der Waals surface area (Å²) < 4.78 is 7.06. The van der Waals surface area contributed by atoms with Crippen molar-refractivity contribution in [2.24, 2.45) is 0 Å². The second-order valence-corrected chi connectivity index (χ2v) is 7.50. The standard InChI is InChI=1S/C21H19N3O4S/c1-2-24-20(26)18(29-21(24)27)10-14-12-23(17-8-4-3-7-16(14)17)13-19(25)22-11-15-6-5-9-28-15/h3-10,12H,2,11,13H2,1H3,(H,22,25)/b18-10-. The highest BCUT2D eigenvalue weighted by Gasteiger charge is 2.33. The fraction of sp³-hybridized carbons (Fsp3) is 0.190. The number of nitrogens with zero attached hydrogens (tertiary/aromatic N) is 2. The molecule has 148 valence electrons. The number of fused-ring (bicyclic) bond motifs is 1. The molecule has 29 heavy (non-hydrogen) atoms. The van der Waals surface area contributed by atoms with Gasteiger partial charge in [-0.1, -0.05) is 18.2 Å². The highest BCUT2D eigenvalue weighted by Crippen LogP contribution is 2.33. The van der Waals surface area contributed by atoms with Crippen LogP contribution in [0.2, 0.25) is 0 Å². The molecule has 1 aliphatic heterocycles. The molecule has 0 spiro atoms. The Kier molecular flexibility index (Phi) is 5.26. The summed E-state index contributed by atoms with van der Waals surface area (Å²) in [7, 11) is 0. The molecule has 4 rings (SSSR count). The van der Waals surface area contributed by atoms with Crippen molar-refractivity contribution in [2.75, 3.05) is 6.54 Å². The molecular weight excluding hydrogens is 390 g/mol. The summed E-state index contributed by atoms with van der Waals surface area (Å²) in [6.07, 6.45) is 5.12. The second-order valence-electron chi connectivity index (χ2n) is 6.51. The van der Waals surface area contributed by atoms with Gasteiger partial charge in [-0.15, -0.1) is 0 Å². The monoisotopic (exact) mass is 409 g/mol. The lowest BCUT2D eigenvalue weighted by molar-refractivity contribution is -0.123. The maximum Gasteiger partial charge on any atom is 0.293 e. The van der Waals surface area contributed by atoms with E-state index in [4.69, 9.17) is 4.42 Å². The number of benzene rings is 1. The Morgan fingerprint density at radius 2 is 2.03 bits per heavy atom. The molecule has 0 bridgehead atoms. The van der Waals surface area contributed by atoms with Gasteiger partial charge in [0.1, 0.15) is 12.3 Å². The van der Waals surface area contributed by atoms with Crippen LogP contribution in [0, 0.1) is 0 Å². The minimum Gasteiger partial charge on any atom is -0.467 e. The van der Waals surface area contributed by atoms with E-state index in [-0.39, 0.29) is 23.6 Å². The lowest BCUT2D eigenvalue weighted by Gasteiger charge is -2.06. The Labute approximate surface area is 171 Å². The number of hydrogen-bond donors (Lipinski definition) is 1. The van der Waals surface area contributed by atoms with Crippen molar-refractivity contribution in [3.63, 3.8) is 0 Å². The van der Waals surface area contributed by atoms with Crippen molar-refractivity contribution >= 4 is 45.8 Å². The number of amides is 3. The SMILES string of the molecule is CCN1C(=O)S/C(=C\c2cn(CC(=O)NCc3ccco3)c3ccccc23)C1=O. The number of nitrogens with one attached hydrogen (secondary N) is 1. The van der Waals surface area contributed by atoms with E-state index in [9.17, 15) is 14.4 Å². The van der Waals surface area contributed by atoms with Crippen LogP contribution in [0.1, 0.15) is 18.2 Å². The zero-order valence-electron chi connectivity index (χ0n) is 15.8. The van der Waals surface area contributed by atoms with E-state index >= 15 is 0 Å². The summed E-state index contributed by atoms with van der Waals surface area (Å²) in [6, 6.07) is 11.2. The average molecular weight is 409 g/mol. The molecule has 1 N–H and O–H groups in total. The van der Waals surface area contributed by atoms with Gasteiger partial charge in [-0.25, -0.2) is 0 Å². The number of hydrogen-bond acceptors (Lipinski definition) is 5. The molecule has 0 radical (unpaired) electrons. The van der Waals surface area contributed by atoms with Crippen molar-refractivity contribution in [1.29, 1.82) is 0 Å². The molecule has 3 heterocycles. The molecular formula is C21H19N3O4S. The quantitative estimate of drug-likeness (QED) is 0.629. The third kappa shape index (κ3) is 3.84. The van der Waals surface area contributed by atoms with Crippen LogP contribution < -0.4 is 5.32 Å². The number of furan rings is 1. The summed E-state index contributed by atoms with van der Waals surface area (Å²) in [5.41, 5.74) is 1.67. The van der Waals surface area contributed by atoms with E-state index < -0.39 is 0 Å². The summed E-state index contributed by atoms with van der Waals surface area (Å²) in [5, 5.41) is 3.48. The van der Waals surface area contributed by atoms with Crippen LogP contribution in [0.3, 0.4) is 0 Å². The molecule has 0 unspecified atom stereocenters. The molecule has 0 saturated carbocycles. The van der Waals surface area contributed by atoms with Crippen LogP contribution in [0.15, 0.2) is 58.2 Å². The third-order valence-electron chi connectivity index (χ3n) is 4.65. The lowest BCUT2D eigenvalue weighted by Crippen LogP contribution is -2.27. The fourth-order valence-electron chi connectivity index (χ4n) is 3.24. The maximum atomic E-state index is 12.4. The van der Waals surface area contributed by atoms with Crippen molar-refractivity contribution in [2.45, 2.75) is 20.0 Å². The predicted molar refractivity (Wildman–Crippen MR) is 111 cm³/mol. The topological polar surface area (TPSA) is 84.6 Å². The van der Waals surface area contributed by atoms with Gasteiger partial charge in [0.25, 0.3) is 11.1 Å². The van der Waals surface area contributed by atoms with E-state index in [2.05, 4.69) is 5.32 Å². The van der Waals surface area contributed by atoms with E-state index in [1.165, 1.54) is 4.90 Å². The Morgan fingerprint density at radius 1 is 1.21 bits per heavy atom. The molecule has 0 aliphatic carbocycles. The van der Waals surface area contributed by atoms with Gasteiger partial charge in [0.05, 0.1) is 17.7 Å². The van der Waals surface area contributed by atoms with E-state index in [0.29, 0.717) is 23.8 Å². The molecule has 1 fully saturated rings. The number of rotatable bonds is 6. The zero-order chi connectivity index (χ0) is 20.4. The first-order valence-electron chi connectivity index (χ1n) is 9.19. The number of likely N-dealkylation sites (N-methyl/N-ethyl adjacent to an activating group) is 1. The highest BCUT2D eigenvalue weighted by molar-refractivity contribution is 8.18. The zero-order valence-corrected chi connectivity index (χ0v) is 16.6. The van der Waals surface area contributed by atoms with E-state index in [1.807, 2.05) is 35.0 Å². The molecule has 1 aliphatic rings. The van der Waals surface area contributed by atoms with Crippen LogP contribution in [0.5, 0.6) is 0 Å². The molecule has 1 saturated heterocycles. The molecule has 7 nitrogen and oxygen atoms in total. The molecule has 1 aromatic carbocycles. The number of carbonyl (C=O) groups is 3. The van der Waals surface area contributed by atoms with Gasteiger partial charge in [-0.2, -0.15) is 0 Å². The van der Waals surface area contributed by atoms with Crippen LogP contribution in [0.4, 0.5) is 4.79 Å². The van der Waals surface area contributed by atoms with Crippen molar-refractivity contribution in [1.82, 2.24) is 14.8 Å². The molecule has 8 heteroatoms. The number of imide groups is 1. The van der Waals surface area contributed by atoms with E-state index in [0.717, 1.165) is 28.2 Å². The Morgan fingerprint density at radius 3 is 2.76 bits per heavy atom. The summed E-state index contributed by atoms with van der Waals surface area (Å²) >= 11 is 0.939. The van der Waals surface area contributed by atoms with Gasteiger partial charge in [0, 0.05) is 29.2 Å². The number of para-hydroxylation sites is 1. The first-order valence-corrected chi connectivity index (χ1v) is 10.0. The predicted octanol–water partition coefficient (Wildman–Crippen LogP) is 3.61. The molecule has 0 atom stereocenters. The smallest absolute Gasteiger partial charge is 0.293 e. The second kappa shape index (κ2) is 8.00. The van der Waals surface area contributed by atoms with Gasteiger partial charge in [-0.05, 0) is 43.0 Å². The van der Waals surface area contributed by atoms with Gasteiger partial charge in [-0.3, -0.25) is 19.3 Å². The number of carbonyl (C=O) groups excluding carboxylic acids is 3. The third-order valence-corrected chi connectivity index (χ3v) is 5.56. The normalized spacial score (nSPS) is 15.6. The number of thioether (sulfide) groups is 1. The molecule has 3 aromatic rings. The summed E-state index contributed by atoms with van der Waals surface area (Å²) in [6.45, 7) is 2.57. The number of aromatic nitrogens is 1. The van der Waals surface area contributed by atoms with Crippen LogP contribution in [-0.2, 0) is 22.7 Å². The average Bonchev–Trinajstić information content (AvgIpc) is 3.41. The van der Waals surface area contributed by atoms with Gasteiger partial charge in [0.2, 0.25) is 5.91 Å². The van der Waals surface area contributed by atoms with E-state index in [1.54, 1.807) is 31.4 Å². The molecule has 2 aromatic heterocycles. The lowest BCUT2D eigenvalue weighted by atomic mass is 10.1. The minimum atomic E-state index is -0.282. The fourth-order valence-corrected chi connectivity index (χ4v) is 4.14. The van der Waals surface area contributed by atoms with Gasteiger partial charge >= 0.3 is 0 Å². The summed E-state index contributed by atoms with van der Waals surface area (Å²) in [4.78, 5) is 38.4. The first-order chi connectivity index (χ1) is 14.1. The minimum absolute atomic E-state index is 0.130. The maximum absolute atomic E-state index is 12.4. The van der Waals surface area contributed by atoms with Gasteiger partial charge in [0.15, 0.2) is 0 Å². The van der Waals surface area contributed by atoms with Crippen molar-refractivity contribution < 1.29 is 18.8 Å². The van der Waals surface area contributed by atoms with Crippen LogP contribution in [-0.4, -0.2) is 33.1 Å². The summed E-state index contributed by atoms with van der Waals surface area (Å²) in [5.74, 6) is 0.249. The van der Waals surface area contributed by atoms with Crippen molar-refractivity contribution in [3.8, 4) is 0 Å². The van der Waals surface area contributed by atoms with Crippen LogP contribution in [0.25, 0.3) is 17.0 Å². The Bertz CT molecular complexity index is 1110. The van der Waals surface area contributed by atoms with Crippen LogP contribution >= 0.6 is 11.8 Å². The largest absolute Gasteiger partial charge is 0.467 e. The van der Waals surface area contributed by atoms with Crippen molar-refractivity contribution in [3.05, 3.63) is 65.1 Å². The highest BCUT2D eigenvalue weighted by atomic mass is 32.2.